The van der Waals surface area contributed by atoms with Crippen molar-refractivity contribution in [1.29, 1.82) is 0 Å². The minimum atomic E-state index is 0.377. The van der Waals surface area contributed by atoms with Crippen LogP contribution in [-0.2, 0) is 13.2 Å². The van der Waals surface area contributed by atoms with Crippen LogP contribution in [-0.4, -0.2) is 16.3 Å². The van der Waals surface area contributed by atoms with Gasteiger partial charge < -0.3 is 4.74 Å². The second kappa shape index (κ2) is 6.65. The zero-order valence-electron chi connectivity index (χ0n) is 12.0. The van der Waals surface area contributed by atoms with E-state index in [4.69, 9.17) is 10.3 Å². The van der Waals surface area contributed by atoms with Crippen LogP contribution in [0.2, 0.25) is 0 Å². The van der Waals surface area contributed by atoms with E-state index in [2.05, 4.69) is 15.1 Å². The Balaban J connectivity index is 1.76. The van der Waals surface area contributed by atoms with Crippen LogP contribution >= 0.6 is 0 Å². The van der Waals surface area contributed by atoms with Crippen LogP contribution in [0.3, 0.4) is 0 Å². The Morgan fingerprint density at radius 3 is 2.86 bits per heavy atom. The standard InChI is InChI=1S/C16H15N5O/c17-20-18-8-9-21-16-10-15(7-6-14(16)11-19-21)22-12-13-4-2-1-3-5-13/h1-7,10-11H,8-9,12H2. The highest BCUT2D eigenvalue weighted by Crippen LogP contribution is 2.21. The van der Waals surface area contributed by atoms with Crippen LogP contribution in [0.15, 0.2) is 59.8 Å². The minimum Gasteiger partial charge on any atom is -0.489 e. The Hall–Kier alpha value is -2.98. The van der Waals surface area contributed by atoms with Crippen molar-refractivity contribution < 1.29 is 4.74 Å². The SMILES string of the molecule is [N-]=[N+]=NCCn1ncc2ccc(OCc3ccccc3)cc21. The van der Waals surface area contributed by atoms with Gasteiger partial charge in [0.05, 0.1) is 11.7 Å². The van der Waals surface area contributed by atoms with E-state index >= 15 is 0 Å². The number of hydrogen-bond donors (Lipinski definition) is 0. The molecule has 0 bridgehead atoms. The lowest BCUT2D eigenvalue weighted by atomic mass is 10.2. The first kappa shape index (κ1) is 14.0. The molecule has 0 saturated heterocycles. The van der Waals surface area contributed by atoms with Gasteiger partial charge in [0, 0.05) is 29.5 Å². The van der Waals surface area contributed by atoms with Gasteiger partial charge in [-0.3, -0.25) is 4.68 Å². The van der Waals surface area contributed by atoms with Crippen molar-refractivity contribution in [2.45, 2.75) is 13.2 Å². The van der Waals surface area contributed by atoms with Gasteiger partial charge in [0.1, 0.15) is 12.4 Å². The Kier molecular flexibility index (Phi) is 4.22. The van der Waals surface area contributed by atoms with Crippen molar-refractivity contribution in [1.82, 2.24) is 9.78 Å². The van der Waals surface area contributed by atoms with Crippen LogP contribution in [0.1, 0.15) is 5.56 Å². The Morgan fingerprint density at radius 2 is 2.05 bits per heavy atom. The van der Waals surface area contributed by atoms with Gasteiger partial charge in [0.2, 0.25) is 0 Å². The summed E-state index contributed by atoms with van der Waals surface area (Å²) >= 11 is 0. The maximum absolute atomic E-state index is 8.34. The van der Waals surface area contributed by atoms with E-state index in [0.717, 1.165) is 22.2 Å². The van der Waals surface area contributed by atoms with Gasteiger partial charge >= 0.3 is 0 Å². The molecule has 110 valence electrons. The van der Waals surface area contributed by atoms with Crippen molar-refractivity contribution in [2.75, 3.05) is 6.54 Å². The summed E-state index contributed by atoms with van der Waals surface area (Å²) < 4.78 is 7.65. The number of nitrogens with zero attached hydrogens (tertiary/aromatic N) is 5. The Bertz CT molecular complexity index is 806. The molecule has 0 aliphatic carbocycles. The topological polar surface area (TPSA) is 75.8 Å². The lowest BCUT2D eigenvalue weighted by Gasteiger charge is -2.07. The number of aromatic nitrogens is 2. The largest absolute Gasteiger partial charge is 0.489 e. The molecule has 3 rings (SSSR count). The second-order valence-electron chi connectivity index (χ2n) is 4.82. The summed E-state index contributed by atoms with van der Waals surface area (Å²) in [6.07, 6.45) is 1.80. The number of ether oxygens (including phenoxy) is 1. The third kappa shape index (κ3) is 3.19. The molecular weight excluding hydrogens is 278 g/mol. The maximum atomic E-state index is 8.34. The van der Waals surface area contributed by atoms with Crippen molar-refractivity contribution in [3.8, 4) is 5.75 Å². The van der Waals surface area contributed by atoms with E-state index in [-0.39, 0.29) is 0 Å². The molecule has 0 unspecified atom stereocenters. The van der Waals surface area contributed by atoms with E-state index in [1.165, 1.54) is 0 Å². The van der Waals surface area contributed by atoms with Gasteiger partial charge in [-0.1, -0.05) is 35.4 Å². The average molecular weight is 293 g/mol. The molecule has 0 fully saturated rings. The lowest BCUT2D eigenvalue weighted by molar-refractivity contribution is 0.306. The summed E-state index contributed by atoms with van der Waals surface area (Å²) in [7, 11) is 0. The summed E-state index contributed by atoms with van der Waals surface area (Å²) in [6, 6.07) is 15.9. The highest BCUT2D eigenvalue weighted by molar-refractivity contribution is 5.80. The number of fused-ring (bicyclic) bond motifs is 1. The van der Waals surface area contributed by atoms with Crippen LogP contribution in [0.4, 0.5) is 0 Å². The van der Waals surface area contributed by atoms with Crippen LogP contribution in [0, 0.1) is 0 Å². The maximum Gasteiger partial charge on any atom is 0.121 e. The number of rotatable bonds is 6. The number of azide groups is 1. The molecular formula is C16H15N5O. The molecule has 0 saturated carbocycles. The Morgan fingerprint density at radius 1 is 1.18 bits per heavy atom. The molecule has 2 aromatic carbocycles. The molecule has 0 atom stereocenters. The Labute approximate surface area is 127 Å². The van der Waals surface area contributed by atoms with Crippen molar-refractivity contribution in [2.24, 2.45) is 5.11 Å². The fourth-order valence-electron chi connectivity index (χ4n) is 2.24. The summed E-state index contributed by atoms with van der Waals surface area (Å²) in [5.74, 6) is 0.793. The van der Waals surface area contributed by atoms with Crippen molar-refractivity contribution in [3.63, 3.8) is 0 Å². The second-order valence-corrected chi connectivity index (χ2v) is 4.82. The van der Waals surface area contributed by atoms with Gasteiger partial charge in [-0.15, -0.1) is 0 Å². The molecule has 22 heavy (non-hydrogen) atoms. The van der Waals surface area contributed by atoms with Crippen LogP contribution in [0.25, 0.3) is 21.3 Å². The molecule has 0 radical (unpaired) electrons. The average Bonchev–Trinajstić information content (AvgIpc) is 2.97. The zero-order chi connectivity index (χ0) is 15.2. The third-order valence-electron chi connectivity index (χ3n) is 3.34. The molecule has 0 spiro atoms. The van der Waals surface area contributed by atoms with Crippen molar-refractivity contribution >= 4 is 10.9 Å². The van der Waals surface area contributed by atoms with Gasteiger partial charge in [-0.25, -0.2) is 0 Å². The fourth-order valence-corrected chi connectivity index (χ4v) is 2.24. The van der Waals surface area contributed by atoms with Gasteiger partial charge in [-0.05, 0) is 23.2 Å². The van der Waals surface area contributed by atoms with Crippen LogP contribution in [0.5, 0.6) is 5.75 Å². The monoisotopic (exact) mass is 293 g/mol. The summed E-state index contributed by atoms with van der Waals surface area (Å²) in [6.45, 7) is 1.46. The molecule has 6 heteroatoms. The fraction of sp³-hybridized carbons (Fsp3) is 0.188. The van der Waals surface area contributed by atoms with E-state index in [0.29, 0.717) is 19.7 Å². The molecule has 0 aliphatic rings. The number of hydrogen-bond acceptors (Lipinski definition) is 3. The smallest absolute Gasteiger partial charge is 0.121 e. The lowest BCUT2D eigenvalue weighted by Crippen LogP contribution is -2.02. The van der Waals surface area contributed by atoms with Crippen molar-refractivity contribution in [3.05, 3.63) is 70.7 Å². The third-order valence-corrected chi connectivity index (χ3v) is 3.34. The van der Waals surface area contributed by atoms with E-state index in [1.54, 1.807) is 6.20 Å². The normalized spacial score (nSPS) is 10.4. The number of benzene rings is 2. The predicted octanol–water partition coefficient (Wildman–Crippen LogP) is 3.93. The molecule has 1 heterocycles. The molecule has 0 N–H and O–H groups in total. The van der Waals surface area contributed by atoms with E-state index < -0.39 is 0 Å². The molecule has 0 aliphatic heterocycles. The quantitative estimate of drug-likeness (QED) is 0.392. The van der Waals surface area contributed by atoms with E-state index in [1.807, 2.05) is 53.2 Å². The summed E-state index contributed by atoms with van der Waals surface area (Å²) in [5.41, 5.74) is 10.4. The summed E-state index contributed by atoms with van der Waals surface area (Å²) in [4.78, 5) is 2.75. The first-order valence-electron chi connectivity index (χ1n) is 7.00. The van der Waals surface area contributed by atoms with Crippen LogP contribution < -0.4 is 4.74 Å². The van der Waals surface area contributed by atoms with Gasteiger partial charge in [0.25, 0.3) is 0 Å². The summed E-state index contributed by atoms with van der Waals surface area (Å²) in [5, 5.41) is 8.88. The predicted molar refractivity (Wildman–Crippen MR) is 84.5 cm³/mol. The van der Waals surface area contributed by atoms with Gasteiger partial charge in [-0.2, -0.15) is 5.10 Å². The molecule has 0 amide bonds. The van der Waals surface area contributed by atoms with E-state index in [9.17, 15) is 0 Å². The zero-order valence-corrected chi connectivity index (χ0v) is 12.0. The minimum absolute atomic E-state index is 0.377. The highest BCUT2D eigenvalue weighted by Gasteiger charge is 2.04. The molecule has 3 aromatic rings. The molecule has 1 aromatic heterocycles. The highest BCUT2D eigenvalue weighted by atomic mass is 16.5. The first-order chi connectivity index (χ1) is 10.9. The first-order valence-corrected chi connectivity index (χ1v) is 7.00. The molecule has 6 nitrogen and oxygen atoms in total. The van der Waals surface area contributed by atoms with Gasteiger partial charge in [0.15, 0.2) is 0 Å².